The molecule has 29 heavy (non-hydrogen) atoms. The number of nitrogens with zero attached hydrogens (tertiary/aromatic N) is 6. The van der Waals surface area contributed by atoms with Gasteiger partial charge in [-0.3, -0.25) is 4.57 Å². The van der Waals surface area contributed by atoms with Gasteiger partial charge in [0.1, 0.15) is 29.6 Å². The molecular formula is C17H18FN7O4. The highest BCUT2D eigenvalue weighted by Gasteiger charge is 2.44. The van der Waals surface area contributed by atoms with Crippen LogP contribution in [0.5, 0.6) is 0 Å². The van der Waals surface area contributed by atoms with Crippen molar-refractivity contribution in [3.8, 4) is 0 Å². The summed E-state index contributed by atoms with van der Waals surface area (Å²) in [5.41, 5.74) is 7.16. The number of imidazole rings is 1. The summed E-state index contributed by atoms with van der Waals surface area (Å²) < 4.78 is 19.8. The first-order chi connectivity index (χ1) is 14.0. The third-order valence-electron chi connectivity index (χ3n) is 4.55. The number of aliphatic hydroxyl groups excluding tert-OH is 3. The maximum Gasteiger partial charge on any atom is 0.272 e. The van der Waals surface area contributed by atoms with Crippen LogP contribution < -0.4 is 5.73 Å². The molecular weight excluding hydrogens is 385 g/mol. The van der Waals surface area contributed by atoms with E-state index in [0.29, 0.717) is 0 Å². The first kappa shape index (κ1) is 19.3. The molecule has 0 aliphatic carbocycles. The van der Waals surface area contributed by atoms with E-state index in [2.05, 4.69) is 25.2 Å². The lowest BCUT2D eigenvalue weighted by molar-refractivity contribution is -0.0511. The summed E-state index contributed by atoms with van der Waals surface area (Å²) >= 11 is 0. The Hall–Kier alpha value is -3.06. The van der Waals surface area contributed by atoms with E-state index in [4.69, 9.17) is 10.5 Å². The first-order valence-electron chi connectivity index (χ1n) is 8.72. The minimum atomic E-state index is -1.30. The number of fused-ring (bicyclic) bond motifs is 1. The number of ether oxygens (including phenoxy) is 1. The molecule has 1 saturated heterocycles. The van der Waals surface area contributed by atoms with Crippen molar-refractivity contribution in [3.05, 3.63) is 42.0 Å². The van der Waals surface area contributed by atoms with Gasteiger partial charge in [0.2, 0.25) is 0 Å². The van der Waals surface area contributed by atoms with Gasteiger partial charge in [-0.1, -0.05) is 12.1 Å². The summed E-state index contributed by atoms with van der Waals surface area (Å²) in [4.78, 5) is 12.4. The van der Waals surface area contributed by atoms with Crippen LogP contribution in [-0.2, 0) is 11.3 Å². The maximum absolute atomic E-state index is 12.9. The third kappa shape index (κ3) is 3.65. The molecule has 5 N–H and O–H groups in total. The lowest BCUT2D eigenvalue weighted by atomic mass is 10.1. The van der Waals surface area contributed by atoms with Gasteiger partial charge in [0.25, 0.3) is 5.95 Å². The highest BCUT2D eigenvalue weighted by Crippen LogP contribution is 2.32. The van der Waals surface area contributed by atoms with Crippen molar-refractivity contribution in [1.82, 2.24) is 19.5 Å². The Balaban J connectivity index is 1.61. The fourth-order valence-electron chi connectivity index (χ4n) is 3.04. The summed E-state index contributed by atoms with van der Waals surface area (Å²) in [6.07, 6.45) is -3.19. The number of halogens is 1. The normalized spacial score (nSPS) is 24.7. The van der Waals surface area contributed by atoms with Crippen molar-refractivity contribution >= 4 is 22.9 Å². The first-order valence-corrected chi connectivity index (χ1v) is 8.72. The predicted molar refractivity (Wildman–Crippen MR) is 97.4 cm³/mol. The van der Waals surface area contributed by atoms with Crippen molar-refractivity contribution in [1.29, 1.82) is 0 Å². The molecule has 0 amide bonds. The molecule has 4 rings (SSSR count). The SMILES string of the molecule is Nc1nc(N=NCc2ccc(F)cc2)nc2c1ncn2C1O[C@H](CO)[C@@H](O)[C@H]1O. The highest BCUT2D eigenvalue weighted by molar-refractivity contribution is 5.82. The van der Waals surface area contributed by atoms with Crippen LogP contribution in [0.15, 0.2) is 40.8 Å². The second kappa shape index (κ2) is 7.75. The molecule has 1 aliphatic rings. The van der Waals surface area contributed by atoms with Crippen LogP contribution in [0.1, 0.15) is 11.8 Å². The summed E-state index contributed by atoms with van der Waals surface area (Å²) in [7, 11) is 0. The molecule has 11 nitrogen and oxygen atoms in total. The number of nitrogen functional groups attached to an aromatic ring is 1. The van der Waals surface area contributed by atoms with Gasteiger partial charge in [-0.2, -0.15) is 15.1 Å². The van der Waals surface area contributed by atoms with E-state index in [1.807, 2.05) is 0 Å². The summed E-state index contributed by atoms with van der Waals surface area (Å²) in [6.45, 7) is -0.267. The molecule has 0 radical (unpaired) electrons. The number of nitrogens with two attached hydrogens (primary N) is 1. The smallest absolute Gasteiger partial charge is 0.272 e. The van der Waals surface area contributed by atoms with E-state index in [-0.39, 0.29) is 35.3 Å². The highest BCUT2D eigenvalue weighted by atomic mass is 19.1. The molecule has 3 aromatic rings. The van der Waals surface area contributed by atoms with E-state index < -0.39 is 31.1 Å². The molecule has 1 fully saturated rings. The molecule has 4 atom stereocenters. The molecule has 3 heterocycles. The number of azo groups is 1. The molecule has 1 aliphatic heterocycles. The molecule has 152 valence electrons. The van der Waals surface area contributed by atoms with Gasteiger partial charge in [-0.25, -0.2) is 9.37 Å². The summed E-state index contributed by atoms with van der Waals surface area (Å²) in [5, 5.41) is 37.4. The zero-order valence-electron chi connectivity index (χ0n) is 15.0. The topological polar surface area (TPSA) is 164 Å². The Morgan fingerprint density at radius 3 is 2.62 bits per heavy atom. The Kier molecular flexibility index (Phi) is 5.15. The summed E-state index contributed by atoms with van der Waals surface area (Å²) in [6, 6.07) is 5.82. The van der Waals surface area contributed by atoms with E-state index in [0.717, 1.165) is 5.56 Å². The number of anilines is 1. The van der Waals surface area contributed by atoms with Gasteiger partial charge in [0.05, 0.1) is 19.5 Å². The van der Waals surface area contributed by atoms with Crippen molar-refractivity contribution in [2.45, 2.75) is 31.1 Å². The van der Waals surface area contributed by atoms with E-state index >= 15 is 0 Å². The van der Waals surface area contributed by atoms with Crippen LogP contribution in [-0.4, -0.2) is 59.8 Å². The van der Waals surface area contributed by atoms with E-state index in [1.165, 1.54) is 23.0 Å². The lowest BCUT2D eigenvalue weighted by Crippen LogP contribution is -2.33. The van der Waals surface area contributed by atoms with Crippen molar-refractivity contribution in [2.75, 3.05) is 12.3 Å². The second-order valence-electron chi connectivity index (χ2n) is 6.49. The number of aliphatic hydroxyl groups is 3. The number of hydrogen-bond acceptors (Lipinski definition) is 10. The minimum absolute atomic E-state index is 0.0365. The number of aromatic nitrogens is 4. The quantitative estimate of drug-likeness (QED) is 0.446. The van der Waals surface area contributed by atoms with Crippen LogP contribution in [0.2, 0.25) is 0 Å². The largest absolute Gasteiger partial charge is 0.394 e. The molecule has 12 heteroatoms. The molecule has 0 bridgehead atoms. The number of hydrogen-bond donors (Lipinski definition) is 4. The molecule has 1 aromatic carbocycles. The lowest BCUT2D eigenvalue weighted by Gasteiger charge is -2.16. The Bertz CT molecular complexity index is 1040. The van der Waals surface area contributed by atoms with Crippen LogP contribution in [0, 0.1) is 5.82 Å². The van der Waals surface area contributed by atoms with Crippen LogP contribution in [0.4, 0.5) is 16.2 Å². The number of rotatable bonds is 5. The van der Waals surface area contributed by atoms with Crippen molar-refractivity contribution < 1.29 is 24.4 Å². The molecule has 2 aromatic heterocycles. The van der Waals surface area contributed by atoms with Gasteiger partial charge < -0.3 is 25.8 Å². The average Bonchev–Trinajstić information content (AvgIpc) is 3.25. The van der Waals surface area contributed by atoms with Crippen molar-refractivity contribution in [3.63, 3.8) is 0 Å². The van der Waals surface area contributed by atoms with E-state index in [9.17, 15) is 19.7 Å². The van der Waals surface area contributed by atoms with E-state index in [1.54, 1.807) is 12.1 Å². The van der Waals surface area contributed by atoms with Crippen LogP contribution >= 0.6 is 0 Å². The third-order valence-corrected chi connectivity index (χ3v) is 4.55. The standard InChI is InChI=1S/C17H18FN7O4/c18-9-3-1-8(2-4-9)5-21-24-17-22-14(19)11-15(23-17)25(7-20-11)16-13(28)12(27)10(6-26)29-16/h1-4,7,10,12-13,16,26-28H,5-6H2,(H2,19,22,23)/t10-,12-,13-,16?/m1/s1. The van der Waals surface area contributed by atoms with Gasteiger partial charge >= 0.3 is 0 Å². The fourth-order valence-corrected chi connectivity index (χ4v) is 3.04. The fraction of sp³-hybridized carbons (Fsp3) is 0.353. The summed E-state index contributed by atoms with van der Waals surface area (Å²) in [5.74, 6) is -0.327. The molecule has 0 spiro atoms. The number of benzene rings is 1. The molecule has 1 unspecified atom stereocenters. The van der Waals surface area contributed by atoms with Gasteiger partial charge in [0, 0.05) is 0 Å². The Labute approximate surface area is 163 Å². The zero-order chi connectivity index (χ0) is 20.5. The second-order valence-corrected chi connectivity index (χ2v) is 6.49. The van der Waals surface area contributed by atoms with Crippen LogP contribution in [0.25, 0.3) is 11.2 Å². The minimum Gasteiger partial charge on any atom is -0.394 e. The van der Waals surface area contributed by atoms with Gasteiger partial charge in [-0.15, -0.1) is 5.11 Å². The maximum atomic E-state index is 12.9. The van der Waals surface area contributed by atoms with Gasteiger partial charge in [0.15, 0.2) is 17.7 Å². The average molecular weight is 403 g/mol. The Morgan fingerprint density at radius 2 is 1.93 bits per heavy atom. The van der Waals surface area contributed by atoms with Crippen LogP contribution in [0.3, 0.4) is 0 Å². The monoisotopic (exact) mass is 403 g/mol. The van der Waals surface area contributed by atoms with Crippen molar-refractivity contribution in [2.24, 2.45) is 10.2 Å². The predicted octanol–water partition coefficient (Wildman–Crippen LogP) is 0.443. The molecule has 0 saturated carbocycles. The zero-order valence-corrected chi connectivity index (χ0v) is 15.0. The van der Waals surface area contributed by atoms with Gasteiger partial charge in [-0.05, 0) is 17.7 Å². The Morgan fingerprint density at radius 1 is 1.17 bits per heavy atom.